The van der Waals surface area contributed by atoms with Gasteiger partial charge in [-0.2, -0.15) is 5.10 Å². The molecular weight excluding hydrogens is 332 g/mol. The van der Waals surface area contributed by atoms with Crippen molar-refractivity contribution in [2.45, 2.75) is 24.0 Å². The second kappa shape index (κ2) is 6.13. The molecule has 0 bridgehead atoms. The molecule has 0 saturated heterocycles. The largest absolute Gasteiger partial charge is 0.270 e. The Balaban J connectivity index is 2.10. The molecule has 0 spiro atoms. The highest BCUT2D eigenvalue weighted by atomic mass is 79.9. The van der Waals surface area contributed by atoms with Crippen LogP contribution in [0.1, 0.15) is 18.3 Å². The fourth-order valence-electron chi connectivity index (χ4n) is 1.66. The highest BCUT2D eigenvalue weighted by Crippen LogP contribution is 2.29. The maximum Gasteiger partial charge on any atom is 0.0767 e. The molecule has 0 fully saturated rings. The molecule has 1 heterocycles. The highest BCUT2D eigenvalue weighted by molar-refractivity contribution is 9.10. The fourth-order valence-corrected chi connectivity index (χ4v) is 3.69. The van der Waals surface area contributed by atoms with Gasteiger partial charge in [0.15, 0.2) is 0 Å². The number of nitrogens with zero attached hydrogens (tertiary/aromatic N) is 2. The number of halogens is 2. The Labute approximate surface area is 125 Å². The molecule has 0 radical (unpaired) electrons. The molecule has 0 aliphatic rings. The molecule has 0 N–H and O–H groups in total. The molecule has 0 atom stereocenters. The molecule has 5 heteroatoms. The van der Waals surface area contributed by atoms with Gasteiger partial charge in [0, 0.05) is 22.7 Å². The number of aryl methyl sites for hydroxylation is 2. The van der Waals surface area contributed by atoms with Crippen LogP contribution in [0.5, 0.6) is 0 Å². The van der Waals surface area contributed by atoms with Crippen molar-refractivity contribution in [3.05, 3.63) is 45.1 Å². The van der Waals surface area contributed by atoms with Gasteiger partial charge in [0.05, 0.1) is 15.9 Å². The quantitative estimate of drug-likeness (QED) is 0.748. The Morgan fingerprint density at radius 2 is 2.00 bits per heavy atom. The highest BCUT2D eigenvalue weighted by Gasteiger charge is 2.12. The third-order valence-corrected chi connectivity index (χ3v) is 4.88. The van der Waals surface area contributed by atoms with Crippen molar-refractivity contribution >= 4 is 39.3 Å². The van der Waals surface area contributed by atoms with Crippen LogP contribution in [0.15, 0.2) is 33.6 Å². The summed E-state index contributed by atoms with van der Waals surface area (Å²) < 4.78 is 3.08. The minimum Gasteiger partial charge on any atom is -0.270 e. The van der Waals surface area contributed by atoms with Crippen molar-refractivity contribution in [1.82, 2.24) is 9.78 Å². The van der Waals surface area contributed by atoms with Gasteiger partial charge >= 0.3 is 0 Å². The minimum absolute atomic E-state index is 0.773. The number of benzene rings is 1. The van der Waals surface area contributed by atoms with Crippen LogP contribution < -0.4 is 0 Å². The third-order valence-electron chi connectivity index (χ3n) is 2.69. The van der Waals surface area contributed by atoms with Crippen molar-refractivity contribution in [1.29, 1.82) is 0 Å². The zero-order valence-corrected chi connectivity index (χ0v) is 13.4. The minimum atomic E-state index is 0.773. The SMILES string of the molecule is CCc1nn(C)c(CSc2ccc(Cl)cc2)c1Br. The molecule has 0 amide bonds. The van der Waals surface area contributed by atoms with Crippen molar-refractivity contribution in [2.75, 3.05) is 0 Å². The smallest absolute Gasteiger partial charge is 0.0767 e. The van der Waals surface area contributed by atoms with E-state index in [1.54, 1.807) is 11.8 Å². The van der Waals surface area contributed by atoms with Gasteiger partial charge < -0.3 is 0 Å². The van der Waals surface area contributed by atoms with E-state index in [4.69, 9.17) is 11.6 Å². The van der Waals surface area contributed by atoms with Crippen LogP contribution in [0.25, 0.3) is 0 Å². The summed E-state index contributed by atoms with van der Waals surface area (Å²) in [5.41, 5.74) is 2.33. The summed E-state index contributed by atoms with van der Waals surface area (Å²) in [6.07, 6.45) is 0.944. The van der Waals surface area contributed by atoms with Gasteiger partial charge in [0.1, 0.15) is 0 Å². The molecule has 0 saturated carbocycles. The Bertz CT molecular complexity index is 537. The number of hydrogen-bond acceptors (Lipinski definition) is 2. The van der Waals surface area contributed by atoms with Crippen LogP contribution in [-0.2, 0) is 19.2 Å². The van der Waals surface area contributed by atoms with E-state index >= 15 is 0 Å². The Hall–Kier alpha value is -0.450. The summed E-state index contributed by atoms with van der Waals surface area (Å²) in [5.74, 6) is 0.895. The molecule has 18 heavy (non-hydrogen) atoms. The lowest BCUT2D eigenvalue weighted by atomic mass is 10.3. The van der Waals surface area contributed by atoms with E-state index in [-0.39, 0.29) is 0 Å². The molecule has 2 rings (SSSR count). The van der Waals surface area contributed by atoms with Crippen LogP contribution in [0.4, 0.5) is 0 Å². The number of rotatable bonds is 4. The summed E-state index contributed by atoms with van der Waals surface area (Å²) in [7, 11) is 1.99. The van der Waals surface area contributed by atoms with Crippen molar-refractivity contribution in [3.63, 3.8) is 0 Å². The summed E-state index contributed by atoms with van der Waals surface area (Å²) in [5, 5.41) is 5.26. The van der Waals surface area contributed by atoms with E-state index in [1.807, 2.05) is 36.0 Å². The van der Waals surface area contributed by atoms with E-state index in [1.165, 1.54) is 10.6 Å². The molecule has 2 nitrogen and oxygen atoms in total. The van der Waals surface area contributed by atoms with E-state index in [0.29, 0.717) is 0 Å². The van der Waals surface area contributed by atoms with Crippen molar-refractivity contribution < 1.29 is 0 Å². The van der Waals surface area contributed by atoms with Gasteiger partial charge in [-0.1, -0.05) is 18.5 Å². The van der Waals surface area contributed by atoms with Crippen LogP contribution in [0.3, 0.4) is 0 Å². The molecule has 0 aliphatic carbocycles. The summed E-state index contributed by atoms with van der Waals surface area (Å²) >= 11 is 11.3. The number of aromatic nitrogens is 2. The average molecular weight is 346 g/mol. The molecule has 0 unspecified atom stereocenters. The van der Waals surface area contributed by atoms with Crippen LogP contribution in [-0.4, -0.2) is 9.78 Å². The third kappa shape index (κ3) is 3.11. The molecule has 96 valence electrons. The predicted molar refractivity (Wildman–Crippen MR) is 81.3 cm³/mol. The Morgan fingerprint density at radius 3 is 2.56 bits per heavy atom. The lowest BCUT2D eigenvalue weighted by Crippen LogP contribution is -1.96. The predicted octanol–water partition coefficient (Wildman–Crippen LogP) is 4.69. The van der Waals surface area contributed by atoms with E-state index in [9.17, 15) is 0 Å². The second-order valence-electron chi connectivity index (χ2n) is 3.93. The van der Waals surface area contributed by atoms with Crippen LogP contribution in [0.2, 0.25) is 5.02 Å². The summed E-state index contributed by atoms with van der Waals surface area (Å²) in [4.78, 5) is 1.21. The van der Waals surface area contributed by atoms with Gasteiger partial charge in [-0.3, -0.25) is 4.68 Å². The van der Waals surface area contributed by atoms with E-state index in [0.717, 1.165) is 27.4 Å². The second-order valence-corrected chi connectivity index (χ2v) is 6.21. The first kappa shape index (κ1) is 14.0. The van der Waals surface area contributed by atoms with Crippen LogP contribution in [0, 0.1) is 0 Å². The first-order chi connectivity index (χ1) is 8.61. The van der Waals surface area contributed by atoms with E-state index < -0.39 is 0 Å². The lowest BCUT2D eigenvalue weighted by Gasteiger charge is -2.03. The monoisotopic (exact) mass is 344 g/mol. The van der Waals surface area contributed by atoms with Crippen molar-refractivity contribution in [2.24, 2.45) is 7.05 Å². The van der Waals surface area contributed by atoms with Gasteiger partial charge in [-0.05, 0) is 46.6 Å². The normalized spacial score (nSPS) is 10.9. The molecule has 1 aromatic carbocycles. The number of thioether (sulfide) groups is 1. The van der Waals surface area contributed by atoms with Crippen LogP contribution >= 0.6 is 39.3 Å². The number of hydrogen-bond donors (Lipinski definition) is 0. The topological polar surface area (TPSA) is 17.8 Å². The first-order valence-electron chi connectivity index (χ1n) is 5.70. The van der Waals surface area contributed by atoms with Gasteiger partial charge in [-0.25, -0.2) is 0 Å². The van der Waals surface area contributed by atoms with Gasteiger partial charge in [0.25, 0.3) is 0 Å². The summed E-state index contributed by atoms with van der Waals surface area (Å²) in [6, 6.07) is 7.91. The van der Waals surface area contributed by atoms with Gasteiger partial charge in [-0.15, -0.1) is 11.8 Å². The molecule has 2 aromatic rings. The molecule has 1 aromatic heterocycles. The lowest BCUT2D eigenvalue weighted by molar-refractivity contribution is 0.719. The maximum absolute atomic E-state index is 5.87. The fraction of sp³-hybridized carbons (Fsp3) is 0.308. The molecule has 0 aliphatic heterocycles. The maximum atomic E-state index is 5.87. The van der Waals surface area contributed by atoms with E-state index in [2.05, 4.69) is 28.0 Å². The first-order valence-corrected chi connectivity index (χ1v) is 7.86. The summed E-state index contributed by atoms with van der Waals surface area (Å²) in [6.45, 7) is 2.11. The average Bonchev–Trinajstić information content (AvgIpc) is 2.64. The zero-order valence-electron chi connectivity index (χ0n) is 10.3. The molecular formula is C13H14BrClN2S. The standard InChI is InChI=1S/C13H14BrClN2S/c1-3-11-13(14)12(17(2)16-11)8-18-10-6-4-9(15)5-7-10/h4-7H,3,8H2,1-2H3. The zero-order chi connectivity index (χ0) is 13.1. The van der Waals surface area contributed by atoms with Crippen molar-refractivity contribution in [3.8, 4) is 0 Å². The van der Waals surface area contributed by atoms with Gasteiger partial charge in [0.2, 0.25) is 0 Å². The Kier molecular flexibility index (Phi) is 4.76. The Morgan fingerprint density at radius 1 is 1.33 bits per heavy atom.